The lowest BCUT2D eigenvalue weighted by molar-refractivity contribution is 1.09. The molecule has 6 aromatic carbocycles. The van der Waals surface area contributed by atoms with E-state index in [0.717, 1.165) is 39.0 Å². The first kappa shape index (κ1) is 28.0. The summed E-state index contributed by atoms with van der Waals surface area (Å²) in [6.07, 6.45) is 5.81. The third kappa shape index (κ3) is 3.76. The van der Waals surface area contributed by atoms with Crippen LogP contribution in [0.15, 0.2) is 164 Å². The summed E-state index contributed by atoms with van der Waals surface area (Å²) in [5.74, 6) is 0.917. The van der Waals surface area contributed by atoms with Crippen molar-refractivity contribution < 1.29 is 0 Å². The molecule has 0 unspecified atom stereocenters. The average Bonchev–Trinajstić information content (AvgIpc) is 3.93. The lowest BCUT2D eigenvalue weighted by Gasteiger charge is -2.11. The highest BCUT2D eigenvalue weighted by atomic mass is 32.1. The van der Waals surface area contributed by atoms with E-state index in [9.17, 15) is 0 Å². The van der Waals surface area contributed by atoms with Crippen LogP contribution in [0.2, 0.25) is 0 Å². The number of thiophene rings is 1. The first-order valence-electron chi connectivity index (χ1n) is 17.5. The molecule has 12 rings (SSSR count). The van der Waals surface area contributed by atoms with Crippen LogP contribution in [0.3, 0.4) is 0 Å². The largest absolute Gasteiger partial charge is 0.309 e. The Morgan fingerprint density at radius 1 is 0.365 bits per heavy atom. The van der Waals surface area contributed by atoms with Gasteiger partial charge >= 0.3 is 0 Å². The van der Waals surface area contributed by atoms with Crippen molar-refractivity contribution in [1.82, 2.24) is 23.7 Å². The van der Waals surface area contributed by atoms with Crippen LogP contribution in [0.5, 0.6) is 0 Å². The van der Waals surface area contributed by atoms with Crippen LogP contribution >= 0.6 is 11.3 Å². The van der Waals surface area contributed by atoms with Gasteiger partial charge in [0.2, 0.25) is 0 Å². The first-order chi connectivity index (χ1) is 25.8. The average molecular weight is 682 g/mol. The Labute approximate surface area is 300 Å². The third-order valence-electron chi connectivity index (χ3n) is 10.8. The van der Waals surface area contributed by atoms with E-state index >= 15 is 0 Å². The summed E-state index contributed by atoms with van der Waals surface area (Å²) in [5, 5.41) is 9.70. The summed E-state index contributed by atoms with van der Waals surface area (Å²) in [6, 6.07) is 53.0. The van der Waals surface area contributed by atoms with E-state index in [4.69, 9.17) is 4.98 Å². The Morgan fingerprint density at radius 2 is 0.827 bits per heavy atom. The second-order valence-corrected chi connectivity index (χ2v) is 14.6. The quantitative estimate of drug-likeness (QED) is 0.186. The van der Waals surface area contributed by atoms with Crippen molar-refractivity contribution in [3.05, 3.63) is 164 Å². The second-order valence-electron chi connectivity index (χ2n) is 13.5. The topological polar surface area (TPSA) is 40.6 Å². The molecule has 0 radical (unpaired) electrons. The fourth-order valence-corrected chi connectivity index (χ4v) is 9.63. The summed E-state index contributed by atoms with van der Waals surface area (Å²) < 4.78 is 9.56. The maximum atomic E-state index is 5.03. The van der Waals surface area contributed by atoms with Crippen molar-refractivity contribution in [2.45, 2.75) is 0 Å². The molecule has 6 heteroatoms. The SMILES string of the molecule is c1ccc2c(c1)c1ccccc1n2-c1ccc2c(c1)c1ccccc1n2-c1ccc2c(c1)c1ccccc1n2-c1cc2sc3ccncc3c2cn1. The lowest BCUT2D eigenvalue weighted by atomic mass is 10.1. The molecule has 52 heavy (non-hydrogen) atoms. The molecule has 0 aliphatic rings. The molecule has 0 aliphatic carbocycles. The van der Waals surface area contributed by atoms with Crippen LogP contribution in [-0.4, -0.2) is 23.7 Å². The van der Waals surface area contributed by atoms with Gasteiger partial charge in [0.1, 0.15) is 5.82 Å². The fourth-order valence-electron chi connectivity index (χ4n) is 8.55. The van der Waals surface area contributed by atoms with Gasteiger partial charge in [-0.3, -0.25) is 9.55 Å². The van der Waals surface area contributed by atoms with E-state index in [1.165, 1.54) is 63.8 Å². The Balaban J connectivity index is 1.08. The number of aromatic nitrogens is 5. The fraction of sp³-hybridized carbons (Fsp3) is 0. The van der Waals surface area contributed by atoms with Gasteiger partial charge < -0.3 is 9.13 Å². The molecule has 0 atom stereocenters. The smallest absolute Gasteiger partial charge is 0.138 e. The van der Waals surface area contributed by atoms with Gasteiger partial charge in [-0.05, 0) is 72.8 Å². The lowest BCUT2D eigenvalue weighted by Crippen LogP contribution is -1.98. The number of nitrogens with zero attached hydrogens (tertiary/aromatic N) is 5. The normalized spacial score (nSPS) is 12.2. The maximum absolute atomic E-state index is 5.03. The number of fused-ring (bicyclic) bond motifs is 12. The standard InChI is InChI=1S/C46H27N5S/c1-5-13-38-30(9-1)31-10-2-6-14-39(31)49(38)28-17-19-42-34(23-28)32-11-3-7-15-40(32)50(42)29-18-20-43-35(24-29)33-12-4-8-16-41(33)51(43)46-25-45-37(27-48-46)36-26-47-22-21-44(36)52-45/h1-27H. The molecule has 0 N–H and O–H groups in total. The maximum Gasteiger partial charge on any atom is 0.138 e. The number of pyridine rings is 2. The van der Waals surface area contributed by atoms with Crippen molar-refractivity contribution in [3.8, 4) is 17.2 Å². The predicted molar refractivity (Wildman–Crippen MR) is 218 cm³/mol. The number of rotatable bonds is 3. The molecular weight excluding hydrogens is 655 g/mol. The summed E-state index contributed by atoms with van der Waals surface area (Å²) in [7, 11) is 0. The van der Waals surface area contributed by atoms with Crippen LogP contribution < -0.4 is 0 Å². The van der Waals surface area contributed by atoms with E-state index in [1.807, 2.05) is 18.6 Å². The first-order valence-corrected chi connectivity index (χ1v) is 18.3. The van der Waals surface area contributed by atoms with Crippen molar-refractivity contribution in [3.63, 3.8) is 0 Å². The van der Waals surface area contributed by atoms with Gasteiger partial charge in [-0.25, -0.2) is 4.98 Å². The summed E-state index contributed by atoms with van der Waals surface area (Å²) in [5.41, 5.74) is 9.36. The Bertz CT molecular complexity index is 3380. The van der Waals surface area contributed by atoms with Gasteiger partial charge in [-0.15, -0.1) is 11.3 Å². The van der Waals surface area contributed by atoms with E-state index < -0.39 is 0 Å². The van der Waals surface area contributed by atoms with Gasteiger partial charge in [0, 0.05) is 82.5 Å². The van der Waals surface area contributed by atoms with Gasteiger partial charge in [-0.1, -0.05) is 72.8 Å². The molecule has 0 fully saturated rings. The zero-order chi connectivity index (χ0) is 33.9. The molecule has 0 spiro atoms. The van der Waals surface area contributed by atoms with Crippen molar-refractivity contribution in [1.29, 1.82) is 0 Å². The molecule has 6 heterocycles. The highest BCUT2D eigenvalue weighted by molar-refractivity contribution is 7.25. The molecule has 0 bridgehead atoms. The number of hydrogen-bond donors (Lipinski definition) is 0. The molecule has 6 aromatic heterocycles. The molecule has 242 valence electrons. The number of benzene rings is 6. The van der Waals surface area contributed by atoms with Gasteiger partial charge in [0.05, 0.1) is 33.1 Å². The highest BCUT2D eigenvalue weighted by Gasteiger charge is 2.19. The predicted octanol–water partition coefficient (Wildman–Crippen LogP) is 12.1. The third-order valence-corrected chi connectivity index (χ3v) is 11.9. The van der Waals surface area contributed by atoms with Crippen LogP contribution in [0.25, 0.3) is 103 Å². The van der Waals surface area contributed by atoms with E-state index in [0.29, 0.717) is 0 Å². The van der Waals surface area contributed by atoms with Crippen LogP contribution in [0, 0.1) is 0 Å². The van der Waals surface area contributed by atoms with Crippen molar-refractivity contribution in [2.24, 2.45) is 0 Å². The number of hydrogen-bond acceptors (Lipinski definition) is 3. The minimum atomic E-state index is 0.917. The molecule has 5 nitrogen and oxygen atoms in total. The molecule has 12 aromatic rings. The summed E-state index contributed by atoms with van der Waals surface area (Å²) >= 11 is 1.79. The van der Waals surface area contributed by atoms with Crippen LogP contribution in [0.1, 0.15) is 0 Å². The summed E-state index contributed by atoms with van der Waals surface area (Å²) in [4.78, 5) is 9.39. The Hall–Kier alpha value is -6.76. The molecule has 0 saturated carbocycles. The number of para-hydroxylation sites is 4. The molecular formula is C46H27N5S. The van der Waals surface area contributed by atoms with E-state index in [-0.39, 0.29) is 0 Å². The van der Waals surface area contributed by atoms with Crippen LogP contribution in [-0.2, 0) is 0 Å². The van der Waals surface area contributed by atoms with Crippen molar-refractivity contribution in [2.75, 3.05) is 0 Å². The van der Waals surface area contributed by atoms with Gasteiger partial charge in [-0.2, -0.15) is 0 Å². The highest BCUT2D eigenvalue weighted by Crippen LogP contribution is 2.40. The molecule has 0 aliphatic heterocycles. The Kier molecular flexibility index (Phi) is 5.59. The van der Waals surface area contributed by atoms with E-state index in [2.05, 4.69) is 164 Å². The van der Waals surface area contributed by atoms with Gasteiger partial charge in [0.15, 0.2) is 0 Å². The zero-order valence-electron chi connectivity index (χ0n) is 27.7. The Morgan fingerprint density at radius 3 is 1.40 bits per heavy atom. The minimum Gasteiger partial charge on any atom is -0.309 e. The second kappa shape index (κ2) is 10.4. The van der Waals surface area contributed by atoms with Crippen LogP contribution in [0.4, 0.5) is 0 Å². The van der Waals surface area contributed by atoms with Crippen molar-refractivity contribution >= 4 is 96.9 Å². The zero-order valence-corrected chi connectivity index (χ0v) is 28.5. The van der Waals surface area contributed by atoms with E-state index in [1.54, 1.807) is 11.3 Å². The molecule has 0 amide bonds. The summed E-state index contributed by atoms with van der Waals surface area (Å²) in [6.45, 7) is 0. The van der Waals surface area contributed by atoms with Gasteiger partial charge in [0.25, 0.3) is 0 Å². The molecule has 0 saturated heterocycles. The monoisotopic (exact) mass is 681 g/mol. The minimum absolute atomic E-state index is 0.917.